The van der Waals surface area contributed by atoms with Crippen molar-refractivity contribution >= 4 is 46.1 Å². The predicted molar refractivity (Wildman–Crippen MR) is 202 cm³/mol. The molecule has 4 N–H and O–H groups in total. The van der Waals surface area contributed by atoms with E-state index in [1.54, 1.807) is 9.80 Å². The minimum atomic E-state index is -0.703. The molecule has 4 heterocycles. The topological polar surface area (TPSA) is 175 Å². The fourth-order valence-electron chi connectivity index (χ4n) is 7.12. The van der Waals surface area contributed by atoms with E-state index in [1.807, 2.05) is 64.1 Å². The van der Waals surface area contributed by atoms with Gasteiger partial charge in [-0.15, -0.1) is 0 Å². The normalized spacial score (nSPS) is 17.9. The molecule has 54 heavy (non-hydrogen) atoms. The number of imidazole rings is 2. The van der Waals surface area contributed by atoms with E-state index >= 15 is 0 Å². The van der Waals surface area contributed by atoms with Crippen molar-refractivity contribution in [2.45, 2.75) is 77.5 Å². The fourth-order valence-corrected chi connectivity index (χ4v) is 7.12. The molecule has 282 valence electrons. The third kappa shape index (κ3) is 8.13. The van der Waals surface area contributed by atoms with Crippen LogP contribution in [0.5, 0.6) is 0 Å². The van der Waals surface area contributed by atoms with E-state index in [1.165, 1.54) is 14.2 Å². The van der Waals surface area contributed by atoms with Gasteiger partial charge in [0, 0.05) is 24.2 Å². The van der Waals surface area contributed by atoms with Crippen LogP contribution < -0.4 is 10.6 Å². The van der Waals surface area contributed by atoms with E-state index in [0.29, 0.717) is 24.7 Å². The summed E-state index contributed by atoms with van der Waals surface area (Å²) >= 11 is 0. The van der Waals surface area contributed by atoms with Crippen LogP contribution in [0.4, 0.5) is 9.59 Å². The average molecular weight is 735 g/mol. The zero-order valence-corrected chi connectivity index (χ0v) is 31.4. The first kappa shape index (κ1) is 37.7. The Balaban J connectivity index is 1.14. The Bertz CT molecular complexity index is 2030. The summed E-state index contributed by atoms with van der Waals surface area (Å²) in [7, 11) is 2.56. The molecule has 2 aliphatic rings. The van der Waals surface area contributed by atoms with Gasteiger partial charge < -0.3 is 39.9 Å². The first-order valence-electron chi connectivity index (χ1n) is 18.3. The van der Waals surface area contributed by atoms with Gasteiger partial charge in [0.1, 0.15) is 23.7 Å². The zero-order valence-electron chi connectivity index (χ0n) is 31.4. The number of alkyl carbamates (subject to hydrolysis) is 2. The number of ether oxygens (including phenoxy) is 2. The van der Waals surface area contributed by atoms with Gasteiger partial charge in [-0.2, -0.15) is 0 Å². The van der Waals surface area contributed by atoms with Gasteiger partial charge in [-0.05, 0) is 85.8 Å². The maximum atomic E-state index is 13.5. The number of amides is 4. The third-order valence-electron chi connectivity index (χ3n) is 9.96. The summed E-state index contributed by atoms with van der Waals surface area (Å²) in [5.74, 6) is 12.9. The van der Waals surface area contributed by atoms with Gasteiger partial charge in [0.15, 0.2) is 0 Å². The molecule has 2 aromatic carbocycles. The van der Waals surface area contributed by atoms with Crippen LogP contribution in [0.1, 0.15) is 88.2 Å². The van der Waals surface area contributed by atoms with Crippen molar-refractivity contribution in [3.8, 4) is 23.7 Å². The second-order valence-electron chi connectivity index (χ2n) is 14.3. The second-order valence-corrected chi connectivity index (χ2v) is 14.3. The molecule has 14 nitrogen and oxygen atoms in total. The van der Waals surface area contributed by atoms with Gasteiger partial charge in [-0.3, -0.25) is 9.59 Å². The molecule has 0 saturated carbocycles. The van der Waals surface area contributed by atoms with E-state index in [4.69, 9.17) is 19.4 Å². The molecule has 6 rings (SSSR count). The lowest BCUT2D eigenvalue weighted by Gasteiger charge is -2.29. The maximum absolute atomic E-state index is 13.5. The molecular formula is C40H46N8O6. The molecule has 4 amide bonds. The molecule has 4 atom stereocenters. The highest BCUT2D eigenvalue weighted by molar-refractivity contribution is 5.87. The number of fused-ring (bicyclic) bond motifs is 2. The number of H-pyrrole nitrogens is 2. The minimum absolute atomic E-state index is 0.117. The Hall–Kier alpha value is -6.02. The Morgan fingerprint density at radius 3 is 1.48 bits per heavy atom. The van der Waals surface area contributed by atoms with Crippen LogP contribution in [0.3, 0.4) is 0 Å². The van der Waals surface area contributed by atoms with Crippen molar-refractivity contribution in [1.82, 2.24) is 40.4 Å². The molecule has 2 saturated heterocycles. The first-order chi connectivity index (χ1) is 26.0. The van der Waals surface area contributed by atoms with Crippen LogP contribution in [0.15, 0.2) is 36.4 Å². The van der Waals surface area contributed by atoms with E-state index in [9.17, 15) is 19.2 Å². The number of carbonyl (C=O) groups excluding carboxylic acids is 4. The number of hydrogen-bond acceptors (Lipinski definition) is 8. The van der Waals surface area contributed by atoms with Gasteiger partial charge in [0.2, 0.25) is 11.8 Å². The van der Waals surface area contributed by atoms with Gasteiger partial charge in [0.05, 0.1) is 48.4 Å². The third-order valence-corrected chi connectivity index (χ3v) is 9.96. The number of aromatic nitrogens is 4. The molecule has 4 aromatic rings. The summed E-state index contributed by atoms with van der Waals surface area (Å²) in [4.78, 5) is 70.8. The molecule has 0 aliphatic carbocycles. The molecule has 2 aromatic heterocycles. The number of rotatable bonds is 8. The summed E-state index contributed by atoms with van der Waals surface area (Å²) < 4.78 is 9.48. The lowest BCUT2D eigenvalue weighted by Crippen LogP contribution is -2.51. The summed E-state index contributed by atoms with van der Waals surface area (Å²) in [5.41, 5.74) is 4.67. The predicted octanol–water partition coefficient (Wildman–Crippen LogP) is 4.93. The van der Waals surface area contributed by atoms with Crippen molar-refractivity contribution in [1.29, 1.82) is 0 Å². The minimum Gasteiger partial charge on any atom is -0.453 e. The Morgan fingerprint density at radius 2 is 1.11 bits per heavy atom. The zero-order chi connectivity index (χ0) is 38.5. The van der Waals surface area contributed by atoms with Crippen LogP contribution in [0, 0.1) is 35.5 Å². The SMILES string of the molecule is COC(=O)N[C@H](C(=O)N1CCC[C@H]1c1nc2ccc(C#CC#Cc3ccc4nc([C@@H]5CCCN5C(=O)[C@@H](NC(=O)OC)C(C)C)[nH]c4c3)cc2[nH]1)C(C)C. The Kier molecular flexibility index (Phi) is 11.4. The Labute approximate surface area is 314 Å². The van der Waals surface area contributed by atoms with E-state index < -0.39 is 24.3 Å². The quantitative estimate of drug-likeness (QED) is 0.184. The van der Waals surface area contributed by atoms with Crippen LogP contribution in [0.2, 0.25) is 0 Å². The van der Waals surface area contributed by atoms with E-state index in [-0.39, 0.29) is 35.7 Å². The monoisotopic (exact) mass is 734 g/mol. The van der Waals surface area contributed by atoms with Crippen molar-refractivity contribution in [2.75, 3.05) is 27.3 Å². The van der Waals surface area contributed by atoms with Crippen molar-refractivity contribution in [3.05, 3.63) is 59.2 Å². The fraction of sp³-hybridized carbons (Fsp3) is 0.450. The molecule has 0 bridgehead atoms. The number of nitrogens with one attached hydrogen (secondary N) is 4. The highest BCUT2D eigenvalue weighted by Gasteiger charge is 2.39. The molecule has 0 spiro atoms. The van der Waals surface area contributed by atoms with E-state index in [0.717, 1.165) is 58.9 Å². The van der Waals surface area contributed by atoms with Gasteiger partial charge in [-0.1, -0.05) is 39.5 Å². The standard InChI is InChI=1S/C40H46N8O6/c1-23(2)33(45-39(51)53-5)37(49)47-19-9-13-31(47)35-41-27-17-15-25(21-29(27)43-35)11-7-8-12-26-16-18-28-30(22-26)44-36(42-28)32-14-10-20-48(32)38(50)34(24(3)4)46-40(52)54-6/h15-18,21-24,31-34H,9-10,13-14,19-20H2,1-6H3,(H,41,43)(H,42,44)(H,45,51)(H,46,52)/t31-,32-,33-,34-/m0/s1. The highest BCUT2D eigenvalue weighted by Crippen LogP contribution is 2.34. The number of nitrogens with zero attached hydrogens (tertiary/aromatic N) is 4. The smallest absolute Gasteiger partial charge is 0.407 e. The first-order valence-corrected chi connectivity index (χ1v) is 18.3. The van der Waals surface area contributed by atoms with Gasteiger partial charge >= 0.3 is 12.2 Å². The number of hydrogen-bond donors (Lipinski definition) is 4. The van der Waals surface area contributed by atoms with Crippen molar-refractivity contribution in [3.63, 3.8) is 0 Å². The van der Waals surface area contributed by atoms with Crippen LogP contribution >= 0.6 is 0 Å². The molecular weight excluding hydrogens is 688 g/mol. The average Bonchev–Trinajstić information content (AvgIpc) is 3.98. The number of aromatic amines is 2. The number of carbonyl (C=O) groups is 4. The molecule has 2 fully saturated rings. The highest BCUT2D eigenvalue weighted by atomic mass is 16.5. The largest absolute Gasteiger partial charge is 0.453 e. The molecule has 0 unspecified atom stereocenters. The molecule has 0 radical (unpaired) electrons. The van der Waals surface area contributed by atoms with Crippen LogP contribution in [0.25, 0.3) is 22.1 Å². The van der Waals surface area contributed by atoms with Crippen LogP contribution in [-0.4, -0.2) is 93.1 Å². The van der Waals surface area contributed by atoms with Gasteiger partial charge in [0.25, 0.3) is 0 Å². The van der Waals surface area contributed by atoms with E-state index in [2.05, 4.69) is 44.3 Å². The second kappa shape index (κ2) is 16.3. The Morgan fingerprint density at radius 1 is 0.704 bits per heavy atom. The van der Waals surface area contributed by atoms with Crippen LogP contribution in [-0.2, 0) is 19.1 Å². The number of benzene rings is 2. The summed E-state index contributed by atoms with van der Waals surface area (Å²) in [6.07, 6.45) is 1.91. The van der Waals surface area contributed by atoms with Crippen molar-refractivity contribution < 1.29 is 28.7 Å². The molecule has 2 aliphatic heterocycles. The lowest BCUT2D eigenvalue weighted by molar-refractivity contribution is -0.136. The summed E-state index contributed by atoms with van der Waals surface area (Å²) in [5, 5.41) is 5.36. The summed E-state index contributed by atoms with van der Waals surface area (Å²) in [6.45, 7) is 8.71. The molecule has 14 heteroatoms. The maximum Gasteiger partial charge on any atom is 0.407 e. The summed E-state index contributed by atoms with van der Waals surface area (Å²) in [6, 6.07) is 9.52. The lowest BCUT2D eigenvalue weighted by atomic mass is 10.0. The van der Waals surface area contributed by atoms with Crippen molar-refractivity contribution in [2.24, 2.45) is 11.8 Å². The number of likely N-dealkylation sites (tertiary alicyclic amines) is 2. The van der Waals surface area contributed by atoms with Gasteiger partial charge in [-0.25, -0.2) is 19.6 Å². The number of methoxy groups -OCH3 is 2.